The van der Waals surface area contributed by atoms with Crippen LogP contribution in [0.15, 0.2) is 23.7 Å². The number of nitrogens with zero attached hydrogens (tertiary/aromatic N) is 3. The maximum atomic E-state index is 12.6. The summed E-state index contributed by atoms with van der Waals surface area (Å²) in [6.45, 7) is 1.77. The molecule has 1 N–H and O–H groups in total. The summed E-state index contributed by atoms with van der Waals surface area (Å²) in [6.07, 6.45) is 0.855. The summed E-state index contributed by atoms with van der Waals surface area (Å²) >= 11 is 3.02. The fourth-order valence-corrected chi connectivity index (χ4v) is 4.90. The highest BCUT2D eigenvalue weighted by Crippen LogP contribution is 2.36. The van der Waals surface area contributed by atoms with Gasteiger partial charge in [-0.15, -0.1) is 22.7 Å². The third-order valence-corrected chi connectivity index (χ3v) is 6.10. The average molecular weight is 354 g/mol. The van der Waals surface area contributed by atoms with Crippen molar-refractivity contribution in [3.8, 4) is 6.07 Å². The van der Waals surface area contributed by atoms with Gasteiger partial charge in [-0.3, -0.25) is 4.79 Å². The maximum Gasteiger partial charge on any atom is 0.256 e. The van der Waals surface area contributed by atoms with Crippen molar-refractivity contribution < 1.29 is 4.79 Å². The summed E-state index contributed by atoms with van der Waals surface area (Å²) in [4.78, 5) is 20.2. The number of carbonyl (C=O) groups is 1. The molecule has 0 atom stereocenters. The second-order valence-electron chi connectivity index (χ2n) is 5.80. The predicted octanol–water partition coefficient (Wildman–Crippen LogP) is 3.47. The molecule has 2 aromatic heterocycles. The van der Waals surface area contributed by atoms with E-state index >= 15 is 0 Å². The molecule has 0 saturated carbocycles. The van der Waals surface area contributed by atoms with Crippen LogP contribution in [-0.2, 0) is 13.0 Å². The molecule has 1 aliphatic rings. The Labute approximate surface area is 147 Å². The summed E-state index contributed by atoms with van der Waals surface area (Å²) < 4.78 is 0.982. The van der Waals surface area contributed by atoms with Gasteiger partial charge < -0.3 is 10.2 Å². The van der Waals surface area contributed by atoms with E-state index in [1.165, 1.54) is 27.6 Å². The van der Waals surface area contributed by atoms with Crippen LogP contribution in [0.1, 0.15) is 26.4 Å². The molecule has 0 bridgehead atoms. The molecular weight excluding hydrogens is 340 g/mol. The third-order valence-electron chi connectivity index (χ3n) is 4.18. The highest BCUT2D eigenvalue weighted by molar-refractivity contribution is 7.17. The van der Waals surface area contributed by atoms with Gasteiger partial charge in [0.2, 0.25) is 0 Å². The van der Waals surface area contributed by atoms with E-state index < -0.39 is 0 Å². The molecule has 120 valence electrons. The smallest absolute Gasteiger partial charge is 0.256 e. The number of carbonyl (C=O) groups excluding carboxylic acids is 1. The van der Waals surface area contributed by atoms with Gasteiger partial charge in [-0.1, -0.05) is 0 Å². The van der Waals surface area contributed by atoms with Crippen LogP contribution in [0.25, 0.3) is 10.2 Å². The molecule has 0 saturated heterocycles. The van der Waals surface area contributed by atoms with E-state index in [9.17, 15) is 10.1 Å². The summed E-state index contributed by atoms with van der Waals surface area (Å²) in [6, 6.07) is 7.73. The molecule has 0 aliphatic carbocycles. The number of hydrogen-bond acceptors (Lipinski definition) is 6. The van der Waals surface area contributed by atoms with E-state index in [2.05, 4.69) is 28.3 Å². The normalized spacial score (nSPS) is 14.3. The molecule has 3 heterocycles. The first-order valence-electron chi connectivity index (χ1n) is 7.53. The summed E-state index contributed by atoms with van der Waals surface area (Å²) in [5, 5.41) is 13.1. The van der Waals surface area contributed by atoms with Gasteiger partial charge in [0.15, 0.2) is 0 Å². The van der Waals surface area contributed by atoms with Crippen molar-refractivity contribution in [2.24, 2.45) is 0 Å². The topological polar surface area (TPSA) is 69.0 Å². The molecule has 1 amide bonds. The van der Waals surface area contributed by atoms with E-state index in [0.29, 0.717) is 16.1 Å². The van der Waals surface area contributed by atoms with Crippen molar-refractivity contribution in [3.63, 3.8) is 0 Å². The predicted molar refractivity (Wildman–Crippen MR) is 96.6 cm³/mol. The van der Waals surface area contributed by atoms with Gasteiger partial charge in [0, 0.05) is 23.5 Å². The van der Waals surface area contributed by atoms with E-state index in [0.717, 1.165) is 35.3 Å². The van der Waals surface area contributed by atoms with Gasteiger partial charge in [-0.25, -0.2) is 4.98 Å². The van der Waals surface area contributed by atoms with Crippen LogP contribution in [0.5, 0.6) is 0 Å². The van der Waals surface area contributed by atoms with Crippen molar-refractivity contribution in [1.82, 2.24) is 9.88 Å². The Balaban J connectivity index is 1.65. The fourth-order valence-electron chi connectivity index (χ4n) is 2.91. The van der Waals surface area contributed by atoms with Crippen molar-refractivity contribution in [1.29, 1.82) is 5.26 Å². The minimum atomic E-state index is -0.186. The Morgan fingerprint density at radius 2 is 2.33 bits per heavy atom. The fraction of sp³-hybridized carbons (Fsp3) is 0.235. The average Bonchev–Trinajstić information content (AvgIpc) is 3.17. The van der Waals surface area contributed by atoms with E-state index in [4.69, 9.17) is 0 Å². The molecule has 7 heteroatoms. The van der Waals surface area contributed by atoms with Crippen molar-refractivity contribution in [3.05, 3.63) is 45.3 Å². The van der Waals surface area contributed by atoms with Crippen LogP contribution < -0.4 is 5.32 Å². The zero-order valence-corrected chi connectivity index (χ0v) is 14.6. The number of likely N-dealkylation sites (N-methyl/N-ethyl adjacent to an activating group) is 1. The minimum Gasteiger partial charge on any atom is -0.312 e. The number of aromatic nitrogens is 1. The number of benzene rings is 1. The lowest BCUT2D eigenvalue weighted by Crippen LogP contribution is -2.25. The molecular formula is C17H14N4OS2. The molecule has 0 radical (unpaired) electrons. The van der Waals surface area contributed by atoms with Crippen molar-refractivity contribution in [2.75, 3.05) is 18.9 Å². The molecule has 1 aromatic carbocycles. The van der Waals surface area contributed by atoms with Crippen molar-refractivity contribution in [2.45, 2.75) is 13.0 Å². The summed E-state index contributed by atoms with van der Waals surface area (Å²) in [5.41, 5.74) is 4.95. The number of nitrogens with one attached hydrogen (secondary N) is 1. The van der Waals surface area contributed by atoms with E-state index in [1.807, 2.05) is 12.1 Å². The Kier molecular flexibility index (Phi) is 3.81. The lowest BCUT2D eigenvalue weighted by molar-refractivity contribution is 0.102. The standard InChI is InChI=1S/C17H14N4OS2/c1-21-5-4-11-12(7-18)17(24-15(11)8-21)20-16(22)10-2-3-13-14(6-10)23-9-19-13/h2-3,6,9H,4-5,8H2,1H3,(H,20,22). The summed E-state index contributed by atoms with van der Waals surface area (Å²) in [5.74, 6) is -0.186. The van der Waals surface area contributed by atoms with E-state index in [-0.39, 0.29) is 5.91 Å². The Morgan fingerprint density at radius 3 is 3.17 bits per heavy atom. The molecule has 5 nitrogen and oxygen atoms in total. The molecule has 0 spiro atoms. The highest BCUT2D eigenvalue weighted by Gasteiger charge is 2.24. The first kappa shape index (κ1) is 15.3. The number of anilines is 1. The highest BCUT2D eigenvalue weighted by atomic mass is 32.1. The quantitative estimate of drug-likeness (QED) is 0.765. The van der Waals surface area contributed by atoms with Crippen LogP contribution in [0, 0.1) is 11.3 Å². The lowest BCUT2D eigenvalue weighted by atomic mass is 10.0. The van der Waals surface area contributed by atoms with Crippen LogP contribution in [-0.4, -0.2) is 29.4 Å². The van der Waals surface area contributed by atoms with Gasteiger partial charge in [0.05, 0.1) is 21.3 Å². The molecule has 1 aliphatic heterocycles. The largest absolute Gasteiger partial charge is 0.312 e. The zero-order chi connectivity index (χ0) is 16.7. The Bertz CT molecular complexity index is 982. The number of amides is 1. The van der Waals surface area contributed by atoms with Gasteiger partial charge in [0.1, 0.15) is 11.1 Å². The minimum absolute atomic E-state index is 0.186. The number of rotatable bonds is 2. The van der Waals surface area contributed by atoms with Gasteiger partial charge in [0.25, 0.3) is 5.91 Å². The lowest BCUT2D eigenvalue weighted by Gasteiger charge is -2.21. The molecule has 4 rings (SSSR count). The third kappa shape index (κ3) is 2.59. The SMILES string of the molecule is CN1CCc2c(sc(NC(=O)c3ccc4ncsc4c3)c2C#N)C1. The Hall–Kier alpha value is -2.27. The number of hydrogen-bond donors (Lipinski definition) is 1. The van der Waals surface area contributed by atoms with Crippen LogP contribution >= 0.6 is 22.7 Å². The second kappa shape index (κ2) is 5.98. The van der Waals surface area contributed by atoms with Crippen LogP contribution in [0.4, 0.5) is 5.00 Å². The molecule has 0 unspecified atom stereocenters. The number of nitriles is 1. The molecule has 3 aromatic rings. The van der Waals surface area contributed by atoms with Crippen molar-refractivity contribution >= 4 is 43.8 Å². The van der Waals surface area contributed by atoms with Gasteiger partial charge in [-0.05, 0) is 37.2 Å². The van der Waals surface area contributed by atoms with Gasteiger partial charge >= 0.3 is 0 Å². The molecule has 0 fully saturated rings. The van der Waals surface area contributed by atoms with Gasteiger partial charge in [-0.2, -0.15) is 5.26 Å². The maximum absolute atomic E-state index is 12.6. The van der Waals surface area contributed by atoms with E-state index in [1.54, 1.807) is 11.6 Å². The monoisotopic (exact) mass is 354 g/mol. The van der Waals surface area contributed by atoms with Crippen LogP contribution in [0.3, 0.4) is 0 Å². The first-order valence-corrected chi connectivity index (χ1v) is 9.23. The number of thiazole rings is 1. The number of fused-ring (bicyclic) bond motifs is 2. The first-order chi connectivity index (χ1) is 11.7. The zero-order valence-electron chi connectivity index (χ0n) is 13.0. The summed E-state index contributed by atoms with van der Waals surface area (Å²) in [7, 11) is 2.07. The Morgan fingerprint density at radius 1 is 1.46 bits per heavy atom. The van der Waals surface area contributed by atoms with Crippen LogP contribution in [0.2, 0.25) is 0 Å². The number of thiophene rings is 1. The second-order valence-corrected chi connectivity index (χ2v) is 7.79. The molecule has 24 heavy (non-hydrogen) atoms.